The van der Waals surface area contributed by atoms with Gasteiger partial charge >= 0.3 is 0 Å². The van der Waals surface area contributed by atoms with Crippen LogP contribution in [0.5, 0.6) is 0 Å². The van der Waals surface area contributed by atoms with E-state index in [1.807, 2.05) is 18.2 Å². The fourth-order valence-corrected chi connectivity index (χ4v) is 3.02. The lowest BCUT2D eigenvalue weighted by atomic mass is 10.0. The maximum atomic E-state index is 11.4. The molecule has 0 spiro atoms. The molecule has 1 aromatic carbocycles. The number of halogens is 1. The molecule has 0 aliphatic carbocycles. The number of nitrogens with two attached hydrogens (primary N) is 1. The molecule has 0 aromatic heterocycles. The fourth-order valence-electron chi connectivity index (χ4n) is 2.52. The first-order valence-corrected chi connectivity index (χ1v) is 7.32. The molecule has 1 aliphatic rings. The molecule has 0 bridgehead atoms. The van der Waals surface area contributed by atoms with E-state index >= 15 is 0 Å². The van der Waals surface area contributed by atoms with Crippen LogP contribution in [-0.4, -0.2) is 23.9 Å². The maximum absolute atomic E-state index is 11.4. The minimum Gasteiger partial charge on any atom is -0.298 e. The SMILES string of the molecule is CC1CN(Cc2ccc(C(=O)NN)cc2Br)CC1C. The number of amides is 1. The number of nitrogen functional groups attached to an aromatic ring is 1. The highest BCUT2D eigenvalue weighted by Crippen LogP contribution is 2.26. The van der Waals surface area contributed by atoms with Gasteiger partial charge in [0.2, 0.25) is 0 Å². The topological polar surface area (TPSA) is 58.4 Å². The molecule has 0 saturated carbocycles. The summed E-state index contributed by atoms with van der Waals surface area (Å²) < 4.78 is 0.959. The van der Waals surface area contributed by atoms with Gasteiger partial charge in [0.1, 0.15) is 0 Å². The Balaban J connectivity index is 2.08. The Morgan fingerprint density at radius 1 is 1.42 bits per heavy atom. The molecule has 4 nitrogen and oxygen atoms in total. The normalized spacial score (nSPS) is 23.6. The predicted molar refractivity (Wildman–Crippen MR) is 79.4 cm³/mol. The highest BCUT2D eigenvalue weighted by atomic mass is 79.9. The first kappa shape index (κ1) is 14.5. The van der Waals surface area contributed by atoms with E-state index in [9.17, 15) is 4.79 Å². The van der Waals surface area contributed by atoms with Crippen molar-refractivity contribution in [3.8, 4) is 0 Å². The van der Waals surface area contributed by atoms with Gasteiger partial charge in [-0.3, -0.25) is 15.1 Å². The molecule has 2 atom stereocenters. The van der Waals surface area contributed by atoms with E-state index in [-0.39, 0.29) is 5.91 Å². The molecule has 1 aromatic rings. The van der Waals surface area contributed by atoms with Gasteiger partial charge in [0.15, 0.2) is 0 Å². The van der Waals surface area contributed by atoms with Crippen molar-refractivity contribution in [1.82, 2.24) is 10.3 Å². The zero-order valence-electron chi connectivity index (χ0n) is 11.3. The van der Waals surface area contributed by atoms with Crippen molar-refractivity contribution in [2.75, 3.05) is 13.1 Å². The second kappa shape index (κ2) is 6.03. The summed E-state index contributed by atoms with van der Waals surface area (Å²) in [5.74, 6) is 6.37. The van der Waals surface area contributed by atoms with E-state index in [1.54, 1.807) is 0 Å². The van der Waals surface area contributed by atoms with Crippen molar-refractivity contribution >= 4 is 21.8 Å². The number of hydrogen-bond donors (Lipinski definition) is 2. The Morgan fingerprint density at radius 3 is 2.58 bits per heavy atom. The van der Waals surface area contributed by atoms with Gasteiger partial charge in [-0.2, -0.15) is 0 Å². The average Bonchev–Trinajstić information content (AvgIpc) is 2.70. The second-order valence-electron chi connectivity index (χ2n) is 5.43. The molecule has 1 heterocycles. The number of likely N-dealkylation sites (tertiary alicyclic amines) is 1. The smallest absolute Gasteiger partial charge is 0.265 e. The Hall–Kier alpha value is -0.910. The number of hydrogen-bond acceptors (Lipinski definition) is 3. The van der Waals surface area contributed by atoms with Crippen LogP contribution < -0.4 is 11.3 Å². The maximum Gasteiger partial charge on any atom is 0.265 e. The van der Waals surface area contributed by atoms with Crippen LogP contribution in [0.3, 0.4) is 0 Å². The van der Waals surface area contributed by atoms with Crippen LogP contribution in [-0.2, 0) is 6.54 Å². The number of carbonyl (C=O) groups is 1. The van der Waals surface area contributed by atoms with Crippen LogP contribution in [0.2, 0.25) is 0 Å². The molecule has 2 rings (SSSR count). The van der Waals surface area contributed by atoms with E-state index < -0.39 is 0 Å². The molecule has 2 unspecified atom stereocenters. The Bertz CT molecular complexity index is 468. The lowest BCUT2D eigenvalue weighted by Gasteiger charge is -2.17. The number of nitrogens with zero attached hydrogens (tertiary/aromatic N) is 1. The highest BCUT2D eigenvalue weighted by molar-refractivity contribution is 9.10. The van der Waals surface area contributed by atoms with Gasteiger partial charge in [-0.1, -0.05) is 35.8 Å². The third kappa shape index (κ3) is 3.35. The summed E-state index contributed by atoms with van der Waals surface area (Å²) in [5.41, 5.74) is 3.92. The molecule has 104 valence electrons. The van der Waals surface area contributed by atoms with E-state index in [4.69, 9.17) is 5.84 Å². The standard InChI is InChI=1S/C14H20BrN3O/c1-9-6-18(7-10(9)2)8-12-4-3-11(5-13(12)15)14(19)17-16/h3-5,9-10H,6-8,16H2,1-2H3,(H,17,19). The van der Waals surface area contributed by atoms with Gasteiger partial charge in [0, 0.05) is 29.7 Å². The van der Waals surface area contributed by atoms with Gasteiger partial charge in [-0.15, -0.1) is 0 Å². The van der Waals surface area contributed by atoms with Gasteiger partial charge < -0.3 is 0 Å². The van der Waals surface area contributed by atoms with Crippen LogP contribution in [0.4, 0.5) is 0 Å². The Kier molecular flexibility index (Phi) is 4.60. The number of carbonyl (C=O) groups excluding carboxylic acids is 1. The summed E-state index contributed by atoms with van der Waals surface area (Å²) in [4.78, 5) is 13.9. The van der Waals surface area contributed by atoms with E-state index in [0.717, 1.165) is 35.9 Å². The third-order valence-electron chi connectivity index (χ3n) is 3.90. The van der Waals surface area contributed by atoms with Crippen molar-refractivity contribution in [2.24, 2.45) is 17.7 Å². The van der Waals surface area contributed by atoms with Crippen molar-refractivity contribution in [3.63, 3.8) is 0 Å². The first-order chi connectivity index (χ1) is 9.01. The van der Waals surface area contributed by atoms with Gasteiger partial charge in [0.05, 0.1) is 0 Å². The average molecular weight is 326 g/mol. The largest absolute Gasteiger partial charge is 0.298 e. The van der Waals surface area contributed by atoms with Gasteiger partial charge in [-0.25, -0.2) is 5.84 Å². The number of hydrazine groups is 1. The molecule has 5 heteroatoms. The Morgan fingerprint density at radius 2 is 2.05 bits per heavy atom. The van der Waals surface area contributed by atoms with Crippen molar-refractivity contribution in [2.45, 2.75) is 20.4 Å². The van der Waals surface area contributed by atoms with E-state index in [2.05, 4.69) is 40.1 Å². The van der Waals surface area contributed by atoms with Crippen LogP contribution in [0, 0.1) is 11.8 Å². The van der Waals surface area contributed by atoms with E-state index in [1.165, 1.54) is 5.56 Å². The molecule has 1 aliphatic heterocycles. The fraction of sp³-hybridized carbons (Fsp3) is 0.500. The lowest BCUT2D eigenvalue weighted by Crippen LogP contribution is -2.30. The van der Waals surface area contributed by atoms with Crippen molar-refractivity contribution < 1.29 is 4.79 Å². The first-order valence-electron chi connectivity index (χ1n) is 6.53. The minimum atomic E-state index is -0.268. The van der Waals surface area contributed by atoms with Crippen LogP contribution in [0.1, 0.15) is 29.8 Å². The summed E-state index contributed by atoms with van der Waals surface area (Å²) in [6.45, 7) is 7.79. The molecular formula is C14H20BrN3O. The third-order valence-corrected chi connectivity index (χ3v) is 4.64. The molecule has 3 N–H and O–H groups in total. The second-order valence-corrected chi connectivity index (χ2v) is 6.28. The van der Waals surface area contributed by atoms with Crippen LogP contribution in [0.15, 0.2) is 22.7 Å². The molecule has 1 saturated heterocycles. The summed E-state index contributed by atoms with van der Waals surface area (Å²) in [7, 11) is 0. The number of benzene rings is 1. The van der Waals surface area contributed by atoms with Crippen molar-refractivity contribution in [1.29, 1.82) is 0 Å². The molecule has 0 radical (unpaired) electrons. The van der Waals surface area contributed by atoms with Crippen LogP contribution >= 0.6 is 15.9 Å². The summed E-state index contributed by atoms with van der Waals surface area (Å²) in [6, 6.07) is 5.62. The molecule has 1 amide bonds. The quantitative estimate of drug-likeness (QED) is 0.508. The molecular weight excluding hydrogens is 306 g/mol. The van der Waals surface area contributed by atoms with Gasteiger partial charge in [0.25, 0.3) is 5.91 Å². The van der Waals surface area contributed by atoms with Crippen LogP contribution in [0.25, 0.3) is 0 Å². The minimum absolute atomic E-state index is 0.268. The van der Waals surface area contributed by atoms with Gasteiger partial charge in [-0.05, 0) is 29.5 Å². The Labute approximate surface area is 122 Å². The summed E-state index contributed by atoms with van der Waals surface area (Å²) >= 11 is 3.53. The monoisotopic (exact) mass is 325 g/mol. The summed E-state index contributed by atoms with van der Waals surface area (Å²) in [6.07, 6.45) is 0. The zero-order chi connectivity index (χ0) is 14.0. The lowest BCUT2D eigenvalue weighted by molar-refractivity contribution is 0.0953. The number of nitrogens with one attached hydrogen (secondary N) is 1. The predicted octanol–water partition coefficient (Wildman–Crippen LogP) is 2.14. The molecule has 19 heavy (non-hydrogen) atoms. The molecule has 1 fully saturated rings. The highest BCUT2D eigenvalue weighted by Gasteiger charge is 2.26. The van der Waals surface area contributed by atoms with Crippen molar-refractivity contribution in [3.05, 3.63) is 33.8 Å². The van der Waals surface area contributed by atoms with E-state index in [0.29, 0.717) is 5.56 Å². The summed E-state index contributed by atoms with van der Waals surface area (Å²) in [5, 5.41) is 0. The number of rotatable bonds is 3. The zero-order valence-corrected chi connectivity index (χ0v) is 12.9.